The predicted octanol–water partition coefficient (Wildman–Crippen LogP) is 6.28. The van der Waals surface area contributed by atoms with E-state index in [1.165, 1.54) is 5.56 Å². The highest BCUT2D eigenvalue weighted by molar-refractivity contribution is 7.90. The molecule has 2 atom stereocenters. The summed E-state index contributed by atoms with van der Waals surface area (Å²) in [5, 5.41) is 9.45. The highest BCUT2D eigenvalue weighted by Crippen LogP contribution is 2.37. The summed E-state index contributed by atoms with van der Waals surface area (Å²) in [5.74, 6) is -1.22. The number of aliphatic carboxylic acids is 1. The molecule has 0 aliphatic heterocycles. The van der Waals surface area contributed by atoms with Crippen molar-refractivity contribution in [1.82, 2.24) is 4.72 Å². The Morgan fingerprint density at radius 3 is 2.24 bits per heavy atom. The van der Waals surface area contributed by atoms with Crippen molar-refractivity contribution in [2.75, 3.05) is 0 Å². The van der Waals surface area contributed by atoms with Crippen molar-refractivity contribution < 1.29 is 23.2 Å². The van der Waals surface area contributed by atoms with Crippen molar-refractivity contribution in [3.8, 4) is 11.1 Å². The van der Waals surface area contributed by atoms with E-state index in [-0.39, 0.29) is 5.56 Å². The quantitative estimate of drug-likeness (QED) is 0.427. The monoisotopic (exact) mass is 491 g/mol. The third-order valence-electron chi connectivity index (χ3n) is 6.43. The van der Waals surface area contributed by atoms with E-state index in [0.717, 1.165) is 28.7 Å². The Hall–Kier alpha value is -1.96. The van der Waals surface area contributed by atoms with Crippen LogP contribution in [-0.4, -0.2) is 26.5 Å². The van der Waals surface area contributed by atoms with Gasteiger partial charge in [-0.1, -0.05) is 12.1 Å². The SMILES string of the molecule is Cc1cc(-c2c(C)cc(CC3CC(F)C3)cc2C)cc(C(CC(=O)O)N[S+]([O-])C(C)(C)C)c1F. The van der Waals surface area contributed by atoms with Gasteiger partial charge in [0.15, 0.2) is 0 Å². The summed E-state index contributed by atoms with van der Waals surface area (Å²) in [7, 11) is 0. The van der Waals surface area contributed by atoms with E-state index in [9.17, 15) is 18.8 Å². The van der Waals surface area contributed by atoms with E-state index in [0.29, 0.717) is 24.3 Å². The van der Waals surface area contributed by atoms with Crippen LogP contribution >= 0.6 is 0 Å². The van der Waals surface area contributed by atoms with Crippen LogP contribution in [-0.2, 0) is 22.6 Å². The summed E-state index contributed by atoms with van der Waals surface area (Å²) in [4.78, 5) is 11.6. The zero-order valence-electron chi connectivity index (χ0n) is 20.8. The molecule has 2 unspecified atom stereocenters. The molecular formula is C27H35F2NO3S. The first kappa shape index (κ1) is 26.6. The molecule has 7 heteroatoms. The molecule has 1 fully saturated rings. The molecule has 0 heterocycles. The van der Waals surface area contributed by atoms with Crippen LogP contribution in [0.1, 0.15) is 73.9 Å². The molecule has 0 bridgehead atoms. The second-order valence-corrected chi connectivity index (χ2v) is 12.6. The number of halogens is 2. The maximum atomic E-state index is 15.3. The van der Waals surface area contributed by atoms with Crippen LogP contribution in [0.3, 0.4) is 0 Å². The van der Waals surface area contributed by atoms with Gasteiger partial charge in [-0.3, -0.25) is 4.79 Å². The first-order valence-electron chi connectivity index (χ1n) is 11.7. The lowest BCUT2D eigenvalue weighted by molar-refractivity contribution is -0.137. The normalized spacial score (nSPS) is 20.0. The van der Waals surface area contributed by atoms with Gasteiger partial charge in [-0.15, -0.1) is 4.72 Å². The number of hydrogen-bond donors (Lipinski definition) is 2. The van der Waals surface area contributed by atoms with Gasteiger partial charge >= 0.3 is 5.97 Å². The summed E-state index contributed by atoms with van der Waals surface area (Å²) in [6, 6.07) is 6.72. The molecule has 3 rings (SSSR count). The summed E-state index contributed by atoms with van der Waals surface area (Å²) in [5.41, 5.74) is 5.59. The van der Waals surface area contributed by atoms with Gasteiger partial charge < -0.3 is 9.66 Å². The van der Waals surface area contributed by atoms with Crippen LogP contribution < -0.4 is 4.72 Å². The Labute approximate surface area is 204 Å². The fourth-order valence-corrected chi connectivity index (χ4v) is 5.49. The minimum absolute atomic E-state index is 0.196. The third kappa shape index (κ3) is 6.18. The van der Waals surface area contributed by atoms with Gasteiger partial charge in [-0.25, -0.2) is 8.78 Å². The number of carboxylic acid groups (broad SMARTS) is 1. The fourth-order valence-electron chi connectivity index (χ4n) is 4.67. The Bertz CT molecular complexity index is 1040. The zero-order valence-corrected chi connectivity index (χ0v) is 21.6. The summed E-state index contributed by atoms with van der Waals surface area (Å²) in [6.07, 6.45) is 1.02. The first-order valence-corrected chi connectivity index (χ1v) is 12.9. The second-order valence-electron chi connectivity index (χ2n) is 10.6. The lowest BCUT2D eigenvalue weighted by atomic mass is 9.78. The highest BCUT2D eigenvalue weighted by atomic mass is 32.2. The van der Waals surface area contributed by atoms with E-state index in [2.05, 4.69) is 16.9 Å². The summed E-state index contributed by atoms with van der Waals surface area (Å²) in [6.45, 7) is 11.0. The van der Waals surface area contributed by atoms with Gasteiger partial charge in [0.1, 0.15) is 16.7 Å². The van der Waals surface area contributed by atoms with E-state index >= 15 is 4.39 Å². The largest absolute Gasteiger partial charge is 0.598 e. The van der Waals surface area contributed by atoms with Gasteiger partial charge in [0, 0.05) is 16.9 Å². The van der Waals surface area contributed by atoms with Crippen molar-refractivity contribution in [2.24, 2.45) is 5.92 Å². The Balaban J connectivity index is 2.00. The maximum absolute atomic E-state index is 15.3. The van der Waals surface area contributed by atoms with Crippen molar-refractivity contribution in [1.29, 1.82) is 0 Å². The minimum Gasteiger partial charge on any atom is -0.598 e. The van der Waals surface area contributed by atoms with Crippen molar-refractivity contribution in [3.63, 3.8) is 0 Å². The molecular weight excluding hydrogens is 456 g/mol. The zero-order chi connectivity index (χ0) is 25.4. The molecule has 34 heavy (non-hydrogen) atoms. The fraction of sp³-hybridized carbons (Fsp3) is 0.519. The van der Waals surface area contributed by atoms with Crippen LogP contribution in [0.4, 0.5) is 8.78 Å². The standard InChI is InChI=1S/C27H35F2NO3S/c1-15-7-18(10-19-11-21(28)12-19)8-16(2)25(15)20-9-17(3)26(29)22(13-20)23(14-24(31)32)30-34(33)27(4,5)6/h7-9,13,19,21,23,30H,10-12,14H2,1-6H3,(H,31,32). The Morgan fingerprint density at radius 1 is 1.15 bits per heavy atom. The lowest BCUT2D eigenvalue weighted by Crippen LogP contribution is -2.42. The Morgan fingerprint density at radius 2 is 1.74 bits per heavy atom. The molecule has 0 spiro atoms. The van der Waals surface area contributed by atoms with Crippen molar-refractivity contribution in [3.05, 3.63) is 57.9 Å². The molecule has 2 N–H and O–H groups in total. The number of nitrogens with one attached hydrogen (secondary N) is 1. The van der Waals surface area contributed by atoms with Crippen molar-refractivity contribution in [2.45, 2.75) is 84.2 Å². The molecule has 0 aromatic heterocycles. The van der Waals surface area contributed by atoms with Gasteiger partial charge in [-0.05, 0) is 112 Å². The van der Waals surface area contributed by atoms with Gasteiger partial charge in [0.05, 0.1) is 12.5 Å². The van der Waals surface area contributed by atoms with Crippen LogP contribution in [0, 0.1) is 32.5 Å². The van der Waals surface area contributed by atoms with Gasteiger partial charge in [0.25, 0.3) is 0 Å². The van der Waals surface area contributed by atoms with E-state index in [4.69, 9.17) is 0 Å². The van der Waals surface area contributed by atoms with Crippen molar-refractivity contribution >= 4 is 17.3 Å². The molecule has 1 saturated carbocycles. The maximum Gasteiger partial charge on any atom is 0.305 e. The summed E-state index contributed by atoms with van der Waals surface area (Å²) < 4.78 is 43.4. The van der Waals surface area contributed by atoms with Crippen LogP contribution in [0.25, 0.3) is 11.1 Å². The number of hydrogen-bond acceptors (Lipinski definition) is 3. The van der Waals surface area contributed by atoms with Crippen LogP contribution in [0.15, 0.2) is 24.3 Å². The number of alkyl halides is 1. The number of carbonyl (C=O) groups is 1. The molecule has 1 aliphatic carbocycles. The molecule has 2 aromatic rings. The van der Waals surface area contributed by atoms with Gasteiger partial charge in [-0.2, -0.15) is 0 Å². The topological polar surface area (TPSA) is 72.4 Å². The summed E-state index contributed by atoms with van der Waals surface area (Å²) >= 11 is -1.57. The number of aryl methyl sites for hydroxylation is 3. The molecule has 1 aliphatic rings. The number of benzene rings is 2. The first-order chi connectivity index (χ1) is 15.8. The average Bonchev–Trinajstić information content (AvgIpc) is 2.67. The average molecular weight is 492 g/mol. The molecule has 2 aromatic carbocycles. The lowest BCUT2D eigenvalue weighted by Gasteiger charge is -2.30. The van der Waals surface area contributed by atoms with E-state index in [1.807, 2.05) is 13.8 Å². The van der Waals surface area contributed by atoms with Gasteiger partial charge in [0.2, 0.25) is 0 Å². The molecule has 4 nitrogen and oxygen atoms in total. The molecule has 0 saturated heterocycles. The minimum atomic E-state index is -1.57. The van der Waals surface area contributed by atoms with E-state index in [1.54, 1.807) is 39.8 Å². The Kier molecular flexibility index (Phi) is 8.10. The molecule has 0 radical (unpaired) electrons. The van der Waals surface area contributed by atoms with Crippen LogP contribution in [0.2, 0.25) is 0 Å². The highest BCUT2D eigenvalue weighted by Gasteiger charge is 2.33. The molecule has 186 valence electrons. The smallest absolute Gasteiger partial charge is 0.305 e. The van der Waals surface area contributed by atoms with E-state index < -0.39 is 46.5 Å². The number of carboxylic acids is 1. The molecule has 0 amide bonds. The second kappa shape index (κ2) is 10.3. The van der Waals surface area contributed by atoms with Crippen LogP contribution in [0.5, 0.6) is 0 Å². The predicted molar refractivity (Wildman–Crippen MR) is 133 cm³/mol. The third-order valence-corrected chi connectivity index (χ3v) is 8.04. The number of rotatable bonds is 8.